The van der Waals surface area contributed by atoms with E-state index in [4.69, 9.17) is 10.5 Å². The molecule has 3 N–H and O–H groups in total. The second kappa shape index (κ2) is 7.10. The lowest BCUT2D eigenvalue weighted by Crippen LogP contribution is -2.13. The van der Waals surface area contributed by atoms with Gasteiger partial charge >= 0.3 is 0 Å². The average molecular weight is 350 g/mol. The van der Waals surface area contributed by atoms with Gasteiger partial charge in [0.1, 0.15) is 11.4 Å². The van der Waals surface area contributed by atoms with Crippen LogP contribution >= 0.6 is 0 Å². The van der Waals surface area contributed by atoms with Crippen molar-refractivity contribution >= 4 is 17.5 Å². The molecule has 0 fully saturated rings. The number of hydrogen-bond acceptors (Lipinski definition) is 4. The summed E-state index contributed by atoms with van der Waals surface area (Å²) in [5.74, 6) is -0.326. The van der Waals surface area contributed by atoms with Gasteiger partial charge in [-0.05, 0) is 49.4 Å². The Morgan fingerprint density at radius 1 is 1.12 bits per heavy atom. The summed E-state index contributed by atoms with van der Waals surface area (Å²) >= 11 is 0. The first-order chi connectivity index (χ1) is 12.5. The molecule has 0 aliphatic rings. The van der Waals surface area contributed by atoms with Crippen molar-refractivity contribution in [3.63, 3.8) is 0 Å². The molecule has 2 aromatic carbocycles. The summed E-state index contributed by atoms with van der Waals surface area (Å²) in [4.78, 5) is 23.6. The van der Waals surface area contributed by atoms with Crippen molar-refractivity contribution < 1.29 is 14.3 Å². The third-order valence-electron chi connectivity index (χ3n) is 3.83. The van der Waals surface area contributed by atoms with Crippen molar-refractivity contribution in [1.29, 1.82) is 0 Å². The van der Waals surface area contributed by atoms with Gasteiger partial charge in [0.05, 0.1) is 18.4 Å². The van der Waals surface area contributed by atoms with Gasteiger partial charge in [0.2, 0.25) is 0 Å². The van der Waals surface area contributed by atoms with E-state index in [9.17, 15) is 9.59 Å². The molecule has 26 heavy (non-hydrogen) atoms. The number of nitrogens with one attached hydrogen (secondary N) is 1. The van der Waals surface area contributed by atoms with Crippen LogP contribution in [-0.4, -0.2) is 28.7 Å². The fourth-order valence-electron chi connectivity index (χ4n) is 2.49. The van der Waals surface area contributed by atoms with E-state index in [1.165, 1.54) is 11.8 Å². The highest BCUT2D eigenvalue weighted by Crippen LogP contribution is 2.21. The van der Waals surface area contributed by atoms with Gasteiger partial charge < -0.3 is 15.8 Å². The Bertz CT molecular complexity index is 961. The topological polar surface area (TPSA) is 99.2 Å². The smallest absolute Gasteiger partial charge is 0.269 e. The Balaban J connectivity index is 1.78. The Labute approximate surface area is 150 Å². The van der Waals surface area contributed by atoms with Crippen LogP contribution in [-0.2, 0) is 0 Å². The van der Waals surface area contributed by atoms with Crippen molar-refractivity contribution in [3.05, 3.63) is 71.5 Å². The average Bonchev–Trinajstić information content (AvgIpc) is 3.12. The molecule has 0 aliphatic heterocycles. The standard InChI is InChI=1S/C19H18N4O3/c1-12-3-8-17(26-2)15(11-12)19(25)21-13-4-6-14(7-5-13)23-10-9-16(22-23)18(20)24/h3-11H,1-2H3,(H2,20,24)(H,21,25). The van der Waals surface area contributed by atoms with Crippen LogP contribution < -0.4 is 15.8 Å². The second-order valence-corrected chi connectivity index (χ2v) is 5.71. The number of rotatable bonds is 5. The minimum absolute atomic E-state index is 0.189. The molecule has 0 atom stereocenters. The van der Waals surface area contributed by atoms with Gasteiger partial charge in [-0.25, -0.2) is 4.68 Å². The number of aryl methyl sites for hydroxylation is 1. The summed E-state index contributed by atoms with van der Waals surface area (Å²) in [6.45, 7) is 1.91. The number of anilines is 1. The molecule has 0 radical (unpaired) electrons. The third kappa shape index (κ3) is 3.56. The fraction of sp³-hybridized carbons (Fsp3) is 0.105. The number of nitrogens with two attached hydrogens (primary N) is 1. The zero-order chi connectivity index (χ0) is 18.7. The number of benzene rings is 2. The van der Waals surface area contributed by atoms with Gasteiger partial charge in [-0.1, -0.05) is 11.6 Å². The number of carbonyl (C=O) groups is 2. The normalized spacial score (nSPS) is 10.4. The number of aromatic nitrogens is 2. The van der Waals surface area contributed by atoms with Crippen LogP contribution in [0.3, 0.4) is 0 Å². The number of nitrogens with zero attached hydrogens (tertiary/aromatic N) is 2. The molecule has 0 saturated carbocycles. The Morgan fingerprint density at radius 2 is 1.85 bits per heavy atom. The number of hydrogen-bond donors (Lipinski definition) is 2. The summed E-state index contributed by atoms with van der Waals surface area (Å²) in [6, 6.07) is 14.0. The quantitative estimate of drug-likeness (QED) is 0.738. The molecular formula is C19H18N4O3. The maximum Gasteiger partial charge on any atom is 0.269 e. The number of carbonyl (C=O) groups excluding carboxylic acids is 2. The fourth-order valence-corrected chi connectivity index (χ4v) is 2.49. The van der Waals surface area contributed by atoms with Crippen LogP contribution in [0.15, 0.2) is 54.7 Å². The van der Waals surface area contributed by atoms with Crippen molar-refractivity contribution in [1.82, 2.24) is 9.78 Å². The van der Waals surface area contributed by atoms with Crippen molar-refractivity contribution in [2.45, 2.75) is 6.92 Å². The van der Waals surface area contributed by atoms with E-state index in [0.29, 0.717) is 17.0 Å². The Hall–Kier alpha value is -3.61. The lowest BCUT2D eigenvalue weighted by atomic mass is 10.1. The van der Waals surface area contributed by atoms with Gasteiger partial charge in [-0.3, -0.25) is 9.59 Å². The van der Waals surface area contributed by atoms with Crippen LogP contribution in [0.2, 0.25) is 0 Å². The zero-order valence-corrected chi connectivity index (χ0v) is 14.4. The van der Waals surface area contributed by atoms with Crippen LogP contribution in [0.25, 0.3) is 5.69 Å². The number of ether oxygens (including phenoxy) is 1. The summed E-state index contributed by atoms with van der Waals surface area (Å²) in [7, 11) is 1.53. The van der Waals surface area contributed by atoms with E-state index < -0.39 is 5.91 Å². The molecule has 0 saturated heterocycles. The van der Waals surface area contributed by atoms with Gasteiger partial charge in [-0.2, -0.15) is 5.10 Å². The van der Waals surface area contributed by atoms with Crippen molar-refractivity contribution in [2.24, 2.45) is 5.73 Å². The largest absolute Gasteiger partial charge is 0.496 e. The summed E-state index contributed by atoms with van der Waals surface area (Å²) < 4.78 is 6.78. The molecule has 0 spiro atoms. The second-order valence-electron chi connectivity index (χ2n) is 5.71. The van der Waals surface area contributed by atoms with E-state index in [1.807, 2.05) is 13.0 Å². The lowest BCUT2D eigenvalue weighted by molar-refractivity contribution is 0.0992. The van der Waals surface area contributed by atoms with E-state index in [2.05, 4.69) is 10.4 Å². The maximum atomic E-state index is 12.5. The van der Waals surface area contributed by atoms with Crippen molar-refractivity contribution in [3.8, 4) is 11.4 Å². The third-order valence-corrected chi connectivity index (χ3v) is 3.83. The Kier molecular flexibility index (Phi) is 4.70. The van der Waals surface area contributed by atoms with E-state index in [1.54, 1.807) is 48.7 Å². The van der Waals surface area contributed by atoms with Gasteiger partial charge in [0.25, 0.3) is 11.8 Å². The van der Waals surface area contributed by atoms with E-state index in [0.717, 1.165) is 11.3 Å². The predicted octanol–water partition coefficient (Wildman–Crippen LogP) is 2.54. The monoisotopic (exact) mass is 350 g/mol. The highest BCUT2D eigenvalue weighted by Gasteiger charge is 2.13. The lowest BCUT2D eigenvalue weighted by Gasteiger charge is -2.10. The molecular weight excluding hydrogens is 332 g/mol. The summed E-state index contributed by atoms with van der Waals surface area (Å²) in [5.41, 5.74) is 8.19. The van der Waals surface area contributed by atoms with Crippen LogP contribution in [0.5, 0.6) is 5.75 Å². The van der Waals surface area contributed by atoms with Gasteiger partial charge in [0.15, 0.2) is 0 Å². The molecule has 0 unspecified atom stereocenters. The van der Waals surface area contributed by atoms with Crippen LogP contribution in [0, 0.1) is 6.92 Å². The minimum atomic E-state index is -0.584. The van der Waals surface area contributed by atoms with Crippen LogP contribution in [0.4, 0.5) is 5.69 Å². The number of amides is 2. The molecule has 3 aromatic rings. The van der Waals surface area contributed by atoms with E-state index in [-0.39, 0.29) is 11.6 Å². The minimum Gasteiger partial charge on any atom is -0.496 e. The Morgan fingerprint density at radius 3 is 2.46 bits per heavy atom. The SMILES string of the molecule is COc1ccc(C)cc1C(=O)Nc1ccc(-n2ccc(C(N)=O)n2)cc1. The van der Waals surface area contributed by atoms with Gasteiger partial charge in [-0.15, -0.1) is 0 Å². The molecule has 3 rings (SSSR count). The molecule has 2 amide bonds. The molecule has 7 nitrogen and oxygen atoms in total. The van der Waals surface area contributed by atoms with Crippen LogP contribution in [0.1, 0.15) is 26.4 Å². The molecule has 0 bridgehead atoms. The first-order valence-electron chi connectivity index (χ1n) is 7.90. The number of primary amides is 1. The number of methoxy groups -OCH3 is 1. The maximum absolute atomic E-state index is 12.5. The highest BCUT2D eigenvalue weighted by molar-refractivity contribution is 6.06. The first kappa shape index (κ1) is 17.2. The first-order valence-corrected chi connectivity index (χ1v) is 7.90. The van der Waals surface area contributed by atoms with Crippen molar-refractivity contribution in [2.75, 3.05) is 12.4 Å². The van der Waals surface area contributed by atoms with E-state index >= 15 is 0 Å². The molecule has 1 heterocycles. The predicted molar refractivity (Wildman–Crippen MR) is 97.8 cm³/mol. The van der Waals surface area contributed by atoms with Gasteiger partial charge in [0, 0.05) is 11.9 Å². The summed E-state index contributed by atoms with van der Waals surface area (Å²) in [6.07, 6.45) is 1.64. The molecule has 132 valence electrons. The highest BCUT2D eigenvalue weighted by atomic mass is 16.5. The molecule has 0 aliphatic carbocycles. The zero-order valence-electron chi connectivity index (χ0n) is 14.4. The summed E-state index contributed by atoms with van der Waals surface area (Å²) in [5, 5.41) is 6.93. The molecule has 7 heteroatoms. The molecule has 1 aromatic heterocycles.